The molecule has 1 aliphatic rings. The van der Waals surface area contributed by atoms with Gasteiger partial charge in [-0.1, -0.05) is 42.5 Å². The number of carbonyl (C=O) groups excluding carboxylic acids is 2. The lowest BCUT2D eigenvalue weighted by atomic mass is 10.00. The highest BCUT2D eigenvalue weighted by molar-refractivity contribution is 5.93. The molecule has 0 N–H and O–H groups in total. The summed E-state index contributed by atoms with van der Waals surface area (Å²) in [6.07, 6.45) is 0.819. The number of para-hydroxylation sites is 1. The van der Waals surface area contributed by atoms with E-state index in [1.165, 1.54) is 5.56 Å². The summed E-state index contributed by atoms with van der Waals surface area (Å²) < 4.78 is 10.6. The van der Waals surface area contributed by atoms with E-state index in [1.807, 2.05) is 36.4 Å². The van der Waals surface area contributed by atoms with Crippen LogP contribution < -0.4 is 0 Å². The molecule has 1 aliphatic heterocycles. The molecule has 4 rings (SSSR count). The Morgan fingerprint density at radius 1 is 1.04 bits per heavy atom. The molecule has 0 atom stereocenters. The second-order valence-corrected chi connectivity index (χ2v) is 6.06. The molecule has 2 aromatic carbocycles. The second kappa shape index (κ2) is 6.43. The van der Waals surface area contributed by atoms with Gasteiger partial charge < -0.3 is 14.1 Å². The van der Waals surface area contributed by atoms with Crippen LogP contribution in [0, 0.1) is 0 Å². The number of rotatable bonds is 3. The molecule has 1 amide bonds. The molecule has 0 saturated carbocycles. The van der Waals surface area contributed by atoms with E-state index in [9.17, 15) is 9.59 Å². The summed E-state index contributed by atoms with van der Waals surface area (Å²) in [5, 5.41) is 0.827. The summed E-state index contributed by atoms with van der Waals surface area (Å²) in [6, 6.07) is 17.0. The minimum Gasteiger partial charge on any atom is -0.450 e. The molecular formula is C20H17NO4. The Kier molecular flexibility index (Phi) is 3.98. The van der Waals surface area contributed by atoms with Crippen molar-refractivity contribution < 1.29 is 18.7 Å². The molecule has 25 heavy (non-hydrogen) atoms. The predicted molar refractivity (Wildman–Crippen MR) is 92.1 cm³/mol. The average molecular weight is 335 g/mol. The summed E-state index contributed by atoms with van der Waals surface area (Å²) in [4.78, 5) is 26.2. The van der Waals surface area contributed by atoms with E-state index >= 15 is 0 Å². The molecule has 0 unspecified atom stereocenters. The molecule has 0 aliphatic carbocycles. The fraction of sp³-hybridized carbons (Fsp3) is 0.200. The molecule has 2 heterocycles. The number of ether oxygens (including phenoxy) is 1. The van der Waals surface area contributed by atoms with Crippen LogP contribution in [0.3, 0.4) is 0 Å². The van der Waals surface area contributed by atoms with Crippen molar-refractivity contribution in [3.63, 3.8) is 0 Å². The van der Waals surface area contributed by atoms with Crippen molar-refractivity contribution in [1.82, 2.24) is 4.90 Å². The Morgan fingerprint density at radius 2 is 1.80 bits per heavy atom. The SMILES string of the molecule is O=C(OCC(=O)N1CCc2ccccc2C1)c1cc2ccccc2o1. The van der Waals surface area contributed by atoms with Crippen molar-refractivity contribution in [3.8, 4) is 0 Å². The van der Waals surface area contributed by atoms with Gasteiger partial charge in [0.25, 0.3) is 5.91 Å². The summed E-state index contributed by atoms with van der Waals surface area (Å²) in [7, 11) is 0. The smallest absolute Gasteiger partial charge is 0.374 e. The van der Waals surface area contributed by atoms with Crippen LogP contribution >= 0.6 is 0 Å². The van der Waals surface area contributed by atoms with E-state index in [2.05, 4.69) is 6.07 Å². The van der Waals surface area contributed by atoms with Crippen LogP contribution in [0.2, 0.25) is 0 Å². The first kappa shape index (κ1) is 15.4. The van der Waals surface area contributed by atoms with Gasteiger partial charge in [0.15, 0.2) is 6.61 Å². The Morgan fingerprint density at radius 3 is 2.64 bits per heavy atom. The fourth-order valence-corrected chi connectivity index (χ4v) is 3.08. The van der Waals surface area contributed by atoms with E-state index in [0.29, 0.717) is 18.7 Å². The maximum absolute atomic E-state index is 12.3. The predicted octanol–water partition coefficient (Wildman–Crippen LogP) is 3.17. The number of benzene rings is 2. The standard InChI is InChI=1S/C20H17NO4/c22-19(21-10-9-14-5-1-2-7-16(14)12-21)13-24-20(23)18-11-15-6-3-4-8-17(15)25-18/h1-8,11H,9-10,12-13H2. The lowest BCUT2D eigenvalue weighted by molar-refractivity contribution is -0.135. The topological polar surface area (TPSA) is 59.8 Å². The zero-order chi connectivity index (χ0) is 17.2. The average Bonchev–Trinajstić information content (AvgIpc) is 3.09. The maximum Gasteiger partial charge on any atom is 0.374 e. The van der Waals surface area contributed by atoms with E-state index in [1.54, 1.807) is 17.0 Å². The van der Waals surface area contributed by atoms with E-state index in [0.717, 1.165) is 17.4 Å². The van der Waals surface area contributed by atoms with Crippen LogP contribution in [0.25, 0.3) is 11.0 Å². The molecule has 5 nitrogen and oxygen atoms in total. The molecular weight excluding hydrogens is 318 g/mol. The second-order valence-electron chi connectivity index (χ2n) is 6.06. The quantitative estimate of drug-likeness (QED) is 0.690. The van der Waals surface area contributed by atoms with Gasteiger partial charge >= 0.3 is 5.97 Å². The lowest BCUT2D eigenvalue weighted by Gasteiger charge is -2.28. The van der Waals surface area contributed by atoms with Crippen LogP contribution in [0.5, 0.6) is 0 Å². The number of hydrogen-bond donors (Lipinski definition) is 0. The third-order valence-electron chi connectivity index (χ3n) is 4.44. The Hall–Kier alpha value is -3.08. The Balaban J connectivity index is 1.38. The summed E-state index contributed by atoms with van der Waals surface area (Å²) in [6.45, 7) is 0.910. The highest BCUT2D eigenvalue weighted by Gasteiger charge is 2.22. The summed E-state index contributed by atoms with van der Waals surface area (Å²) in [5.74, 6) is -0.709. The zero-order valence-corrected chi connectivity index (χ0v) is 13.6. The van der Waals surface area contributed by atoms with E-state index < -0.39 is 5.97 Å². The van der Waals surface area contributed by atoms with Crippen LogP contribution in [0.1, 0.15) is 21.7 Å². The van der Waals surface area contributed by atoms with Crippen LogP contribution in [0.4, 0.5) is 0 Å². The van der Waals surface area contributed by atoms with E-state index in [-0.39, 0.29) is 18.3 Å². The first-order valence-electron chi connectivity index (χ1n) is 8.21. The van der Waals surface area contributed by atoms with Crippen molar-refractivity contribution >= 4 is 22.8 Å². The molecule has 0 bridgehead atoms. The number of hydrogen-bond acceptors (Lipinski definition) is 4. The van der Waals surface area contributed by atoms with Crippen LogP contribution in [-0.2, 0) is 22.5 Å². The highest BCUT2D eigenvalue weighted by atomic mass is 16.5. The number of amides is 1. The number of esters is 1. The van der Waals surface area contributed by atoms with Gasteiger partial charge in [0.2, 0.25) is 5.76 Å². The zero-order valence-electron chi connectivity index (χ0n) is 13.6. The molecule has 1 aromatic heterocycles. The molecule has 5 heteroatoms. The van der Waals surface area contributed by atoms with Gasteiger partial charge in [0.1, 0.15) is 5.58 Å². The molecule has 126 valence electrons. The van der Waals surface area contributed by atoms with Gasteiger partial charge in [0, 0.05) is 18.5 Å². The van der Waals surface area contributed by atoms with Gasteiger partial charge in [-0.15, -0.1) is 0 Å². The lowest BCUT2D eigenvalue weighted by Crippen LogP contribution is -2.38. The van der Waals surface area contributed by atoms with Crippen molar-refractivity contribution in [2.75, 3.05) is 13.2 Å². The highest BCUT2D eigenvalue weighted by Crippen LogP contribution is 2.20. The molecule has 0 saturated heterocycles. The molecule has 3 aromatic rings. The number of carbonyl (C=O) groups is 2. The summed E-state index contributed by atoms with van der Waals surface area (Å²) >= 11 is 0. The van der Waals surface area contributed by atoms with Crippen LogP contribution in [-0.4, -0.2) is 29.9 Å². The summed E-state index contributed by atoms with van der Waals surface area (Å²) in [5.41, 5.74) is 3.03. The van der Waals surface area contributed by atoms with Crippen LogP contribution in [0.15, 0.2) is 59.0 Å². The van der Waals surface area contributed by atoms with Crippen molar-refractivity contribution in [1.29, 1.82) is 0 Å². The van der Waals surface area contributed by atoms with Crippen molar-refractivity contribution in [2.45, 2.75) is 13.0 Å². The third kappa shape index (κ3) is 3.13. The maximum atomic E-state index is 12.3. The minimum atomic E-state index is -0.623. The van der Waals surface area contributed by atoms with Gasteiger partial charge in [-0.05, 0) is 29.7 Å². The minimum absolute atomic E-state index is 0.109. The first-order valence-corrected chi connectivity index (χ1v) is 8.21. The Labute approximate surface area is 144 Å². The number of nitrogens with zero attached hydrogens (tertiary/aromatic N) is 1. The Bertz CT molecular complexity index is 911. The van der Waals surface area contributed by atoms with Gasteiger partial charge in [-0.3, -0.25) is 4.79 Å². The van der Waals surface area contributed by atoms with E-state index in [4.69, 9.17) is 9.15 Å². The van der Waals surface area contributed by atoms with Gasteiger partial charge in [-0.25, -0.2) is 4.79 Å². The molecule has 0 fully saturated rings. The largest absolute Gasteiger partial charge is 0.450 e. The normalized spacial score (nSPS) is 13.5. The van der Waals surface area contributed by atoms with Gasteiger partial charge in [0.05, 0.1) is 0 Å². The molecule has 0 radical (unpaired) electrons. The third-order valence-corrected chi connectivity index (χ3v) is 4.44. The monoisotopic (exact) mass is 335 g/mol. The van der Waals surface area contributed by atoms with Crippen molar-refractivity contribution in [3.05, 3.63) is 71.5 Å². The fourth-order valence-electron chi connectivity index (χ4n) is 3.08. The number of furan rings is 1. The van der Waals surface area contributed by atoms with Crippen molar-refractivity contribution in [2.24, 2.45) is 0 Å². The number of fused-ring (bicyclic) bond motifs is 2. The first-order chi connectivity index (χ1) is 12.2. The molecule has 0 spiro atoms. The van der Waals surface area contributed by atoms with Gasteiger partial charge in [-0.2, -0.15) is 0 Å².